The summed E-state index contributed by atoms with van der Waals surface area (Å²) < 4.78 is 2.34. The summed E-state index contributed by atoms with van der Waals surface area (Å²) in [5.41, 5.74) is 14.2. The zero-order valence-corrected chi connectivity index (χ0v) is 28.5. The van der Waals surface area contributed by atoms with E-state index >= 15 is 0 Å². The lowest BCUT2D eigenvalue weighted by Crippen LogP contribution is -2.28. The number of allylic oxidation sites excluding steroid dienone is 3. The monoisotopic (exact) mass is 655 g/mol. The van der Waals surface area contributed by atoms with Gasteiger partial charge in [0.15, 0.2) is 0 Å². The number of anilines is 4. The molecule has 0 radical (unpaired) electrons. The Morgan fingerprint density at radius 2 is 1.06 bits per heavy atom. The number of nitrogens with one attached hydrogen (secondary N) is 2. The van der Waals surface area contributed by atoms with Gasteiger partial charge in [-0.1, -0.05) is 128 Å². The molecular formula is C48H37N3. The molecule has 3 nitrogen and oxygen atoms in total. The third-order valence-electron chi connectivity index (χ3n) is 10.4. The van der Waals surface area contributed by atoms with Crippen LogP contribution in [-0.4, -0.2) is 4.57 Å². The minimum absolute atomic E-state index is 0.510. The van der Waals surface area contributed by atoms with E-state index < -0.39 is 5.41 Å². The predicted octanol–water partition coefficient (Wildman–Crippen LogP) is 12.6. The van der Waals surface area contributed by atoms with Gasteiger partial charge in [-0.15, -0.1) is 0 Å². The molecule has 0 saturated heterocycles. The maximum atomic E-state index is 4.76. The van der Waals surface area contributed by atoms with Crippen LogP contribution >= 0.6 is 0 Å². The van der Waals surface area contributed by atoms with Crippen molar-refractivity contribution in [1.82, 2.24) is 4.57 Å². The molecule has 51 heavy (non-hydrogen) atoms. The van der Waals surface area contributed by atoms with Crippen LogP contribution in [-0.2, 0) is 5.41 Å². The van der Waals surface area contributed by atoms with Gasteiger partial charge in [0.25, 0.3) is 0 Å². The van der Waals surface area contributed by atoms with Gasteiger partial charge in [0.2, 0.25) is 0 Å². The Hall–Kier alpha value is -6.58. The molecule has 0 saturated carbocycles. The first kappa shape index (κ1) is 30.5. The second-order valence-corrected chi connectivity index (χ2v) is 13.1. The molecule has 1 aliphatic rings. The SMILES string of the molecule is C=C1/C(=C\C)c2ccc(Nc3ccccc3Nc3ccc4c(c3)c3ccccc3n4-c3ccccc3)cc2C1(c1ccccc1)c1ccccc1. The fourth-order valence-electron chi connectivity index (χ4n) is 8.14. The Morgan fingerprint density at radius 1 is 0.529 bits per heavy atom. The lowest BCUT2D eigenvalue weighted by molar-refractivity contribution is 0.772. The number of rotatable bonds is 7. The summed E-state index contributed by atoms with van der Waals surface area (Å²) in [5, 5.41) is 9.97. The minimum atomic E-state index is -0.510. The zero-order valence-electron chi connectivity index (χ0n) is 28.5. The quantitative estimate of drug-likeness (QED) is 0.179. The van der Waals surface area contributed by atoms with Gasteiger partial charge in [-0.05, 0) is 101 Å². The van der Waals surface area contributed by atoms with Gasteiger partial charge in [0.1, 0.15) is 0 Å². The molecule has 244 valence electrons. The molecule has 0 bridgehead atoms. The van der Waals surface area contributed by atoms with E-state index in [4.69, 9.17) is 6.58 Å². The highest BCUT2D eigenvalue weighted by Crippen LogP contribution is 2.57. The summed E-state index contributed by atoms with van der Waals surface area (Å²) in [4.78, 5) is 0. The highest BCUT2D eigenvalue weighted by atomic mass is 15.0. The molecule has 1 heterocycles. The molecule has 8 aromatic rings. The van der Waals surface area contributed by atoms with Crippen LogP contribution in [0.15, 0.2) is 194 Å². The van der Waals surface area contributed by atoms with E-state index in [0.29, 0.717) is 0 Å². The van der Waals surface area contributed by atoms with Gasteiger partial charge in [-0.2, -0.15) is 0 Å². The molecule has 1 aromatic heterocycles. The van der Waals surface area contributed by atoms with E-state index in [-0.39, 0.29) is 0 Å². The Labute approximate surface area is 298 Å². The van der Waals surface area contributed by atoms with Crippen LogP contribution in [0.1, 0.15) is 29.2 Å². The van der Waals surface area contributed by atoms with Crippen LogP contribution in [0.3, 0.4) is 0 Å². The molecular weight excluding hydrogens is 619 g/mol. The summed E-state index contributed by atoms with van der Waals surface area (Å²) in [5.74, 6) is 0. The van der Waals surface area contributed by atoms with Crippen molar-refractivity contribution in [3.63, 3.8) is 0 Å². The first-order valence-corrected chi connectivity index (χ1v) is 17.5. The van der Waals surface area contributed by atoms with Crippen LogP contribution in [0.25, 0.3) is 33.1 Å². The first-order valence-electron chi connectivity index (χ1n) is 17.5. The Balaban J connectivity index is 1.11. The summed E-state index contributed by atoms with van der Waals surface area (Å²) in [7, 11) is 0. The molecule has 7 aromatic carbocycles. The molecule has 0 fully saturated rings. The van der Waals surface area contributed by atoms with Crippen molar-refractivity contribution in [2.75, 3.05) is 10.6 Å². The average Bonchev–Trinajstić information content (AvgIpc) is 3.65. The van der Waals surface area contributed by atoms with Crippen LogP contribution in [0.4, 0.5) is 22.7 Å². The predicted molar refractivity (Wildman–Crippen MR) is 216 cm³/mol. The summed E-state index contributed by atoms with van der Waals surface area (Å²) in [6.45, 7) is 6.87. The van der Waals surface area contributed by atoms with Crippen molar-refractivity contribution < 1.29 is 0 Å². The third kappa shape index (κ3) is 4.89. The molecule has 0 atom stereocenters. The Kier molecular flexibility index (Phi) is 7.40. The van der Waals surface area contributed by atoms with Crippen LogP contribution in [0.2, 0.25) is 0 Å². The van der Waals surface area contributed by atoms with Gasteiger partial charge in [-0.3, -0.25) is 0 Å². The van der Waals surface area contributed by atoms with Gasteiger partial charge in [-0.25, -0.2) is 0 Å². The lowest BCUT2D eigenvalue weighted by atomic mass is 9.68. The van der Waals surface area contributed by atoms with Crippen molar-refractivity contribution in [3.05, 3.63) is 216 Å². The Bertz CT molecular complexity index is 2560. The first-order chi connectivity index (χ1) is 25.2. The average molecular weight is 656 g/mol. The largest absolute Gasteiger partial charge is 0.354 e. The normalized spacial score (nSPS) is 14.2. The number of hydrogen-bond donors (Lipinski definition) is 2. The summed E-state index contributed by atoms with van der Waals surface area (Å²) in [6, 6.07) is 62.6. The van der Waals surface area contributed by atoms with Crippen molar-refractivity contribution in [1.29, 1.82) is 0 Å². The van der Waals surface area contributed by atoms with Gasteiger partial charge in [0, 0.05) is 27.8 Å². The van der Waals surface area contributed by atoms with Crippen molar-refractivity contribution in [3.8, 4) is 5.69 Å². The molecule has 9 rings (SSSR count). The van der Waals surface area contributed by atoms with E-state index in [9.17, 15) is 0 Å². The van der Waals surface area contributed by atoms with Crippen LogP contribution in [0.5, 0.6) is 0 Å². The number of fused-ring (bicyclic) bond motifs is 4. The second kappa shape index (κ2) is 12.4. The smallest absolute Gasteiger partial charge is 0.0708 e. The summed E-state index contributed by atoms with van der Waals surface area (Å²) in [6.07, 6.45) is 2.20. The molecule has 3 heteroatoms. The van der Waals surface area contributed by atoms with Gasteiger partial charge in [0.05, 0.1) is 27.8 Å². The number of benzene rings is 7. The molecule has 0 spiro atoms. The zero-order chi connectivity index (χ0) is 34.4. The Morgan fingerprint density at radius 3 is 1.71 bits per heavy atom. The molecule has 0 unspecified atom stereocenters. The molecule has 0 aliphatic heterocycles. The fourth-order valence-corrected chi connectivity index (χ4v) is 8.14. The highest BCUT2D eigenvalue weighted by Gasteiger charge is 2.47. The number of aromatic nitrogens is 1. The number of nitrogens with zero attached hydrogens (tertiary/aromatic N) is 1. The van der Waals surface area contributed by atoms with Gasteiger partial charge < -0.3 is 15.2 Å². The third-order valence-corrected chi connectivity index (χ3v) is 10.4. The van der Waals surface area contributed by atoms with Crippen molar-refractivity contribution in [2.24, 2.45) is 0 Å². The van der Waals surface area contributed by atoms with E-state index in [1.165, 1.54) is 49.6 Å². The molecule has 2 N–H and O–H groups in total. The van der Waals surface area contributed by atoms with Crippen LogP contribution < -0.4 is 10.6 Å². The van der Waals surface area contributed by atoms with E-state index in [2.05, 4.69) is 204 Å². The fraction of sp³-hybridized carbons (Fsp3) is 0.0417. The van der Waals surface area contributed by atoms with Crippen LogP contribution in [0, 0.1) is 0 Å². The molecule has 1 aliphatic carbocycles. The highest BCUT2D eigenvalue weighted by molar-refractivity contribution is 6.10. The van der Waals surface area contributed by atoms with E-state index in [1.54, 1.807) is 0 Å². The number of para-hydroxylation sites is 4. The minimum Gasteiger partial charge on any atom is -0.354 e. The van der Waals surface area contributed by atoms with Crippen molar-refractivity contribution in [2.45, 2.75) is 12.3 Å². The lowest BCUT2D eigenvalue weighted by Gasteiger charge is -2.34. The maximum Gasteiger partial charge on any atom is 0.0708 e. The second-order valence-electron chi connectivity index (χ2n) is 13.1. The van der Waals surface area contributed by atoms with Gasteiger partial charge >= 0.3 is 0 Å². The van der Waals surface area contributed by atoms with E-state index in [1.807, 2.05) is 0 Å². The van der Waals surface area contributed by atoms with E-state index in [0.717, 1.165) is 34.0 Å². The standard InChI is InChI=1S/C48H37N3/c1-3-39-33(2)48(34-17-7-4-8-18-34,35-19-9-5-10-20-35)43-32-37(27-29-40(39)43)50-45-25-15-14-24-44(45)49-36-28-30-47-42(31-36)41-23-13-16-26-46(41)51(47)38-21-11-6-12-22-38/h3-32,49-50H,2H2,1H3/b39-3+. The maximum absolute atomic E-state index is 4.76. The molecule has 0 amide bonds. The van der Waals surface area contributed by atoms with Crippen molar-refractivity contribution >= 4 is 50.1 Å². The summed E-state index contributed by atoms with van der Waals surface area (Å²) >= 11 is 0. The number of hydrogen-bond acceptors (Lipinski definition) is 2. The topological polar surface area (TPSA) is 29.0 Å².